The van der Waals surface area contributed by atoms with Crippen LogP contribution >= 0.6 is 31.1 Å². The van der Waals surface area contributed by atoms with Crippen LogP contribution in [0.4, 0.5) is 11.4 Å². The third kappa shape index (κ3) is 8.77. The fourth-order valence-electron chi connectivity index (χ4n) is 7.05. The smallest absolute Gasteiger partial charge is 0.118 e. The maximum Gasteiger partial charge on any atom is 0.118 e. The van der Waals surface area contributed by atoms with E-state index < -0.39 is 7.92 Å². The van der Waals surface area contributed by atoms with Gasteiger partial charge in [-0.3, -0.25) is 0 Å². The Morgan fingerprint density at radius 2 is 1.20 bits per heavy atom. The Morgan fingerprint density at radius 1 is 0.756 bits per heavy atom. The number of halogens is 2. The first-order valence-electron chi connectivity index (χ1n) is 16.8. The molecule has 1 unspecified atom stereocenters. The molecule has 3 aromatic rings. The number of hydrogen-bond donors (Lipinski definition) is 0. The maximum atomic E-state index is 7.74. The van der Waals surface area contributed by atoms with E-state index in [0.717, 1.165) is 23.7 Å². The zero-order valence-corrected chi connectivity index (χ0v) is 31.2. The van der Waals surface area contributed by atoms with Gasteiger partial charge < -0.3 is 9.80 Å². The largest absolute Gasteiger partial charge is 0.325 e. The Hall–Kier alpha value is -2.25. The van der Waals surface area contributed by atoms with E-state index in [1.807, 2.05) is 6.07 Å². The zero-order valence-electron chi connectivity index (χ0n) is 28.8. The molecule has 4 rings (SSSR count). The molecule has 3 aromatic carbocycles. The monoisotopic (exact) mass is 662 g/mol. The van der Waals surface area contributed by atoms with E-state index in [4.69, 9.17) is 23.2 Å². The predicted octanol–water partition coefficient (Wildman–Crippen LogP) is 12.4. The lowest BCUT2D eigenvalue weighted by atomic mass is 10.0. The molecule has 0 aromatic heterocycles. The van der Waals surface area contributed by atoms with Gasteiger partial charge in [-0.1, -0.05) is 112 Å². The van der Waals surface area contributed by atoms with Crippen LogP contribution in [0.5, 0.6) is 0 Å². The molecule has 5 heteroatoms. The Kier molecular flexibility index (Phi) is 13.1. The lowest BCUT2D eigenvalue weighted by molar-refractivity contribution is 0.863. The fourth-order valence-corrected chi connectivity index (χ4v) is 11.2. The molecule has 1 aliphatic heterocycles. The van der Waals surface area contributed by atoms with E-state index >= 15 is 0 Å². The van der Waals surface area contributed by atoms with Crippen LogP contribution in [0.3, 0.4) is 0 Å². The Labute approximate surface area is 285 Å². The molecular formula is C40H53Cl2N2P. The van der Waals surface area contributed by atoms with Crippen molar-refractivity contribution in [2.75, 3.05) is 35.2 Å². The van der Waals surface area contributed by atoms with Gasteiger partial charge in [-0.2, -0.15) is 0 Å². The quantitative estimate of drug-likeness (QED) is 0.133. The van der Waals surface area contributed by atoms with Gasteiger partial charge in [0.15, 0.2) is 0 Å². The van der Waals surface area contributed by atoms with Crippen LogP contribution in [0, 0.1) is 41.5 Å². The van der Waals surface area contributed by atoms with Crippen molar-refractivity contribution in [2.24, 2.45) is 0 Å². The van der Waals surface area contributed by atoms with Crippen molar-refractivity contribution in [1.29, 1.82) is 0 Å². The Morgan fingerprint density at radius 3 is 1.62 bits per heavy atom. The Balaban J connectivity index is 1.99. The summed E-state index contributed by atoms with van der Waals surface area (Å²) in [5.74, 6) is 1.31. The number of unbranched alkanes of at least 4 members (excludes halogenated alkanes) is 2. The SMILES string of the molecule is CCCCP(CCCC)C(=C1N(c2c(C)cc(C)cc2C)CCN1c1c(C)cc(C)cc1C)C(Cl)CC(Cl)=Cc1ccccc1. The summed E-state index contributed by atoms with van der Waals surface area (Å²) in [7, 11) is -0.483. The lowest BCUT2D eigenvalue weighted by Gasteiger charge is -2.36. The van der Waals surface area contributed by atoms with Crippen LogP contribution < -0.4 is 9.80 Å². The number of benzene rings is 3. The molecule has 0 radical (unpaired) electrons. The molecule has 45 heavy (non-hydrogen) atoms. The standard InChI is InChI=1S/C40H53Cl2N2P/c1-9-11-20-45(21-12-10-2)39(36(42)27-35(41)26-34-16-14-13-15-17-34)40-43(37-30(5)22-28(3)23-31(37)6)18-19-44(40)38-32(7)24-29(4)25-33(38)8/h13-17,22-26,36H,9-12,18-21,27H2,1-8H3. The van der Waals surface area contributed by atoms with Crippen LogP contribution in [-0.2, 0) is 0 Å². The van der Waals surface area contributed by atoms with Crippen LogP contribution in [0.1, 0.15) is 84.9 Å². The summed E-state index contributed by atoms with van der Waals surface area (Å²) >= 11 is 14.8. The lowest BCUT2D eigenvalue weighted by Crippen LogP contribution is -2.29. The summed E-state index contributed by atoms with van der Waals surface area (Å²) < 4.78 is 0. The summed E-state index contributed by atoms with van der Waals surface area (Å²) in [5.41, 5.74) is 11.7. The van der Waals surface area contributed by atoms with E-state index in [9.17, 15) is 0 Å². The van der Waals surface area contributed by atoms with Crippen molar-refractivity contribution >= 4 is 48.6 Å². The summed E-state index contributed by atoms with van der Waals surface area (Å²) in [6.45, 7) is 20.0. The molecule has 1 atom stereocenters. The van der Waals surface area contributed by atoms with Crippen molar-refractivity contribution in [3.05, 3.63) is 110 Å². The molecule has 0 amide bonds. The van der Waals surface area contributed by atoms with Crippen LogP contribution in [0.2, 0.25) is 0 Å². The van der Waals surface area contributed by atoms with Gasteiger partial charge in [0.2, 0.25) is 0 Å². The number of allylic oxidation sites excluding steroid dienone is 2. The minimum Gasteiger partial charge on any atom is -0.325 e. The normalized spacial score (nSPS) is 14.6. The van der Waals surface area contributed by atoms with Crippen LogP contribution in [0.15, 0.2) is 70.8 Å². The number of anilines is 2. The second kappa shape index (κ2) is 16.5. The highest BCUT2D eigenvalue weighted by atomic mass is 35.5. The van der Waals surface area contributed by atoms with Gasteiger partial charge in [0.25, 0.3) is 0 Å². The molecule has 0 saturated carbocycles. The number of hydrogen-bond acceptors (Lipinski definition) is 2. The maximum absolute atomic E-state index is 7.74. The molecule has 0 aliphatic carbocycles. The molecule has 0 spiro atoms. The van der Waals surface area contributed by atoms with Gasteiger partial charge in [0.1, 0.15) is 5.82 Å². The third-order valence-corrected chi connectivity index (χ3v) is 12.5. The highest BCUT2D eigenvalue weighted by Crippen LogP contribution is 2.55. The third-order valence-electron chi connectivity index (χ3n) is 8.80. The fraction of sp³-hybridized carbons (Fsp3) is 0.450. The molecule has 242 valence electrons. The van der Waals surface area contributed by atoms with Gasteiger partial charge in [-0.15, -0.1) is 11.6 Å². The Bertz CT molecular complexity index is 1390. The summed E-state index contributed by atoms with van der Waals surface area (Å²) in [6.07, 6.45) is 9.92. The highest BCUT2D eigenvalue weighted by molar-refractivity contribution is 7.62. The zero-order chi connectivity index (χ0) is 32.7. The molecule has 1 saturated heterocycles. The van der Waals surface area contributed by atoms with Crippen molar-refractivity contribution in [3.8, 4) is 0 Å². The number of aryl methyl sites for hydroxylation is 6. The second-order valence-electron chi connectivity index (χ2n) is 12.9. The second-order valence-corrected chi connectivity index (χ2v) is 16.3. The van der Waals surface area contributed by atoms with Gasteiger partial charge in [-0.05, 0) is 101 Å². The van der Waals surface area contributed by atoms with Crippen molar-refractivity contribution in [3.63, 3.8) is 0 Å². The molecule has 1 heterocycles. The molecule has 1 aliphatic rings. The molecule has 2 nitrogen and oxygen atoms in total. The molecule has 0 bridgehead atoms. The van der Waals surface area contributed by atoms with Crippen molar-refractivity contribution in [2.45, 2.75) is 92.9 Å². The number of alkyl halides is 1. The first-order valence-corrected chi connectivity index (χ1v) is 19.3. The minimum absolute atomic E-state index is 0.201. The van der Waals surface area contributed by atoms with Gasteiger partial charge in [-0.25, -0.2) is 0 Å². The van der Waals surface area contributed by atoms with Crippen molar-refractivity contribution in [1.82, 2.24) is 0 Å². The van der Waals surface area contributed by atoms with Gasteiger partial charge >= 0.3 is 0 Å². The topological polar surface area (TPSA) is 6.48 Å². The first kappa shape index (κ1) is 35.6. The van der Waals surface area contributed by atoms with E-state index in [2.05, 4.69) is 120 Å². The minimum atomic E-state index is -0.483. The highest BCUT2D eigenvalue weighted by Gasteiger charge is 2.37. The average molecular weight is 664 g/mol. The summed E-state index contributed by atoms with van der Waals surface area (Å²) in [6, 6.07) is 19.7. The van der Waals surface area contributed by atoms with Crippen molar-refractivity contribution < 1.29 is 0 Å². The molecule has 1 fully saturated rings. The van der Waals surface area contributed by atoms with Gasteiger partial charge in [0.05, 0.1) is 5.38 Å². The summed E-state index contributed by atoms with van der Waals surface area (Å²) in [5, 5.41) is 2.03. The van der Waals surface area contributed by atoms with Gasteiger partial charge in [0, 0.05) is 41.2 Å². The average Bonchev–Trinajstić information content (AvgIpc) is 3.36. The van der Waals surface area contributed by atoms with E-state index in [1.165, 1.54) is 93.9 Å². The summed E-state index contributed by atoms with van der Waals surface area (Å²) in [4.78, 5) is 5.24. The number of nitrogens with zero attached hydrogens (tertiary/aromatic N) is 2. The number of rotatable bonds is 13. The molecule has 0 N–H and O–H groups in total. The first-order chi connectivity index (χ1) is 21.5. The van der Waals surface area contributed by atoms with Crippen LogP contribution in [0.25, 0.3) is 6.08 Å². The van der Waals surface area contributed by atoms with E-state index in [0.29, 0.717) is 6.42 Å². The van der Waals surface area contributed by atoms with E-state index in [-0.39, 0.29) is 5.38 Å². The van der Waals surface area contributed by atoms with Crippen LogP contribution in [-0.4, -0.2) is 30.8 Å². The van der Waals surface area contributed by atoms with E-state index in [1.54, 1.807) is 0 Å². The molecular weight excluding hydrogens is 610 g/mol. The predicted molar refractivity (Wildman–Crippen MR) is 204 cm³/mol.